The van der Waals surface area contributed by atoms with Crippen molar-refractivity contribution in [3.8, 4) is 0 Å². The highest BCUT2D eigenvalue weighted by Crippen LogP contribution is 2.24. The average molecular weight is 235 g/mol. The van der Waals surface area contributed by atoms with Gasteiger partial charge in [0.2, 0.25) is 0 Å². The monoisotopic (exact) mass is 235 g/mol. The van der Waals surface area contributed by atoms with Gasteiger partial charge in [-0.05, 0) is 25.8 Å². The Balaban J connectivity index is 2.73. The van der Waals surface area contributed by atoms with Crippen LogP contribution in [0.2, 0.25) is 0 Å². The molecule has 0 aromatic heterocycles. The lowest BCUT2D eigenvalue weighted by Gasteiger charge is -2.33. The van der Waals surface area contributed by atoms with Crippen molar-refractivity contribution in [2.45, 2.75) is 31.7 Å². The van der Waals surface area contributed by atoms with E-state index in [1.807, 2.05) is 6.92 Å². The Morgan fingerprint density at radius 2 is 1.93 bits per heavy atom. The van der Waals surface area contributed by atoms with Crippen molar-refractivity contribution >= 4 is 15.8 Å². The molecule has 0 amide bonds. The molecular weight excluding hydrogens is 218 g/mol. The first-order chi connectivity index (χ1) is 6.92. The summed E-state index contributed by atoms with van der Waals surface area (Å²) in [6, 6.07) is 0. The second-order valence-corrected chi connectivity index (χ2v) is 6.27. The van der Waals surface area contributed by atoms with Crippen LogP contribution >= 0.6 is 0 Å². The number of carbonyl (C=O) groups is 1. The molecule has 0 spiro atoms. The SMILES string of the molecule is CCCNC1(C(=O)O)CCS(=O)(=O)CC1. The Hall–Kier alpha value is -0.620. The van der Waals surface area contributed by atoms with Gasteiger partial charge in [-0.3, -0.25) is 4.79 Å². The van der Waals surface area contributed by atoms with E-state index in [-0.39, 0.29) is 24.3 Å². The molecule has 1 rings (SSSR count). The first-order valence-electron chi connectivity index (χ1n) is 5.11. The molecule has 2 N–H and O–H groups in total. The van der Waals surface area contributed by atoms with Gasteiger partial charge >= 0.3 is 5.97 Å². The van der Waals surface area contributed by atoms with Crippen molar-refractivity contribution in [1.82, 2.24) is 5.32 Å². The number of hydrogen-bond acceptors (Lipinski definition) is 4. The minimum Gasteiger partial charge on any atom is -0.480 e. The number of nitrogens with one attached hydrogen (secondary N) is 1. The van der Waals surface area contributed by atoms with Gasteiger partial charge in [-0.15, -0.1) is 0 Å². The van der Waals surface area contributed by atoms with Crippen LogP contribution in [-0.4, -0.2) is 43.1 Å². The normalized spacial score (nSPS) is 23.5. The molecule has 5 nitrogen and oxygen atoms in total. The topological polar surface area (TPSA) is 83.5 Å². The number of rotatable bonds is 4. The maximum atomic E-state index is 11.2. The van der Waals surface area contributed by atoms with E-state index in [0.29, 0.717) is 6.54 Å². The number of sulfone groups is 1. The molecule has 6 heteroatoms. The van der Waals surface area contributed by atoms with Crippen molar-refractivity contribution in [1.29, 1.82) is 0 Å². The molecular formula is C9H17NO4S. The molecule has 0 atom stereocenters. The predicted molar refractivity (Wildman–Crippen MR) is 56.5 cm³/mol. The van der Waals surface area contributed by atoms with Crippen LogP contribution in [0.5, 0.6) is 0 Å². The van der Waals surface area contributed by atoms with Crippen molar-refractivity contribution in [2.24, 2.45) is 0 Å². The van der Waals surface area contributed by atoms with Gasteiger partial charge in [0.1, 0.15) is 15.4 Å². The van der Waals surface area contributed by atoms with Gasteiger partial charge in [0, 0.05) is 0 Å². The Kier molecular flexibility index (Phi) is 3.72. The van der Waals surface area contributed by atoms with Gasteiger partial charge in [0.15, 0.2) is 0 Å². The van der Waals surface area contributed by atoms with E-state index in [1.165, 1.54) is 0 Å². The first kappa shape index (κ1) is 12.4. The van der Waals surface area contributed by atoms with Crippen LogP contribution in [0.4, 0.5) is 0 Å². The zero-order valence-electron chi connectivity index (χ0n) is 8.82. The quantitative estimate of drug-likeness (QED) is 0.717. The first-order valence-corrected chi connectivity index (χ1v) is 6.93. The van der Waals surface area contributed by atoms with Crippen LogP contribution < -0.4 is 5.32 Å². The summed E-state index contributed by atoms with van der Waals surface area (Å²) in [6.07, 6.45) is 1.18. The zero-order chi connectivity index (χ0) is 11.5. The predicted octanol–water partition coefficient (Wildman–Crippen LogP) is 0.0180. The fourth-order valence-electron chi connectivity index (χ4n) is 1.72. The second kappa shape index (κ2) is 4.49. The summed E-state index contributed by atoms with van der Waals surface area (Å²) in [7, 11) is -3.02. The minimum atomic E-state index is -3.02. The van der Waals surface area contributed by atoms with Crippen LogP contribution in [0.25, 0.3) is 0 Å². The molecule has 0 unspecified atom stereocenters. The molecule has 1 aliphatic rings. The van der Waals surface area contributed by atoms with E-state index in [4.69, 9.17) is 5.11 Å². The van der Waals surface area contributed by atoms with E-state index < -0.39 is 21.3 Å². The van der Waals surface area contributed by atoms with Gasteiger partial charge in [-0.2, -0.15) is 0 Å². The largest absolute Gasteiger partial charge is 0.480 e. The summed E-state index contributed by atoms with van der Waals surface area (Å²) in [6.45, 7) is 2.55. The molecule has 0 aliphatic carbocycles. The Labute approximate surface area is 89.8 Å². The van der Waals surface area contributed by atoms with Gasteiger partial charge in [-0.1, -0.05) is 6.92 Å². The summed E-state index contributed by atoms with van der Waals surface area (Å²) in [4.78, 5) is 11.1. The van der Waals surface area contributed by atoms with E-state index in [9.17, 15) is 13.2 Å². The smallest absolute Gasteiger partial charge is 0.323 e. The third-order valence-corrected chi connectivity index (χ3v) is 4.45. The molecule has 88 valence electrons. The Morgan fingerprint density at radius 3 is 2.33 bits per heavy atom. The summed E-state index contributed by atoms with van der Waals surface area (Å²) in [5.41, 5.74) is -1.03. The van der Waals surface area contributed by atoms with Crippen LogP contribution in [0.15, 0.2) is 0 Å². The lowest BCUT2D eigenvalue weighted by atomic mass is 9.92. The minimum absolute atomic E-state index is 0.0317. The molecule has 0 aromatic rings. The zero-order valence-corrected chi connectivity index (χ0v) is 9.64. The van der Waals surface area contributed by atoms with Crippen LogP contribution in [0.3, 0.4) is 0 Å². The maximum absolute atomic E-state index is 11.2. The van der Waals surface area contributed by atoms with E-state index >= 15 is 0 Å². The van der Waals surface area contributed by atoms with Crippen LogP contribution in [0.1, 0.15) is 26.2 Å². The molecule has 15 heavy (non-hydrogen) atoms. The highest BCUT2D eigenvalue weighted by atomic mass is 32.2. The molecule has 0 saturated carbocycles. The van der Waals surface area contributed by atoms with E-state index in [2.05, 4.69) is 5.32 Å². The fourth-order valence-corrected chi connectivity index (χ4v) is 3.24. The second-order valence-electron chi connectivity index (χ2n) is 3.97. The standard InChI is InChI=1S/C9H17NO4S/c1-2-5-10-9(8(11)12)3-6-15(13,14)7-4-9/h10H,2-7H2,1H3,(H,11,12). The van der Waals surface area contributed by atoms with Crippen molar-refractivity contribution in [3.63, 3.8) is 0 Å². The lowest BCUT2D eigenvalue weighted by molar-refractivity contribution is -0.145. The van der Waals surface area contributed by atoms with Crippen molar-refractivity contribution in [3.05, 3.63) is 0 Å². The Morgan fingerprint density at radius 1 is 1.40 bits per heavy atom. The average Bonchev–Trinajstić information content (AvgIpc) is 2.16. The summed E-state index contributed by atoms with van der Waals surface area (Å²) < 4.78 is 22.4. The number of aliphatic carboxylic acids is 1. The molecule has 0 aromatic carbocycles. The molecule has 1 saturated heterocycles. The summed E-state index contributed by atoms with van der Waals surface area (Å²) in [5.74, 6) is -1.00. The van der Waals surface area contributed by atoms with E-state index in [1.54, 1.807) is 0 Å². The molecule has 1 fully saturated rings. The van der Waals surface area contributed by atoms with Crippen LogP contribution in [-0.2, 0) is 14.6 Å². The van der Waals surface area contributed by atoms with Crippen molar-refractivity contribution < 1.29 is 18.3 Å². The molecule has 0 bridgehead atoms. The summed E-state index contributed by atoms with van der Waals surface area (Å²) in [5, 5.41) is 12.1. The highest BCUT2D eigenvalue weighted by Gasteiger charge is 2.42. The maximum Gasteiger partial charge on any atom is 0.323 e. The van der Waals surface area contributed by atoms with Crippen molar-refractivity contribution in [2.75, 3.05) is 18.1 Å². The van der Waals surface area contributed by atoms with Crippen LogP contribution in [0, 0.1) is 0 Å². The third kappa shape index (κ3) is 2.92. The molecule has 0 radical (unpaired) electrons. The lowest BCUT2D eigenvalue weighted by Crippen LogP contribution is -2.56. The fraction of sp³-hybridized carbons (Fsp3) is 0.889. The van der Waals surface area contributed by atoms with Gasteiger partial charge < -0.3 is 10.4 Å². The molecule has 1 aliphatic heterocycles. The Bertz CT molecular complexity index is 322. The highest BCUT2D eigenvalue weighted by molar-refractivity contribution is 7.91. The number of carboxylic acids is 1. The van der Waals surface area contributed by atoms with Gasteiger partial charge in [0.25, 0.3) is 0 Å². The van der Waals surface area contributed by atoms with Gasteiger partial charge in [-0.25, -0.2) is 8.42 Å². The third-order valence-electron chi connectivity index (χ3n) is 2.80. The molecule has 1 heterocycles. The van der Waals surface area contributed by atoms with Gasteiger partial charge in [0.05, 0.1) is 11.5 Å². The number of carboxylic acid groups (broad SMARTS) is 1. The van der Waals surface area contributed by atoms with E-state index in [0.717, 1.165) is 6.42 Å². The number of hydrogen-bond donors (Lipinski definition) is 2. The summed E-state index contributed by atoms with van der Waals surface area (Å²) >= 11 is 0.